The Bertz CT molecular complexity index is 1540. The Morgan fingerprint density at radius 3 is 2.95 bits per heavy atom. The number of aromatic nitrogens is 4. The average Bonchev–Trinajstić information content (AvgIpc) is 3.65. The summed E-state index contributed by atoms with van der Waals surface area (Å²) in [6.07, 6.45) is 4.93. The lowest BCUT2D eigenvalue weighted by Gasteiger charge is -2.50. The van der Waals surface area contributed by atoms with Crippen LogP contribution in [-0.4, -0.2) is 78.9 Å². The van der Waals surface area contributed by atoms with Crippen LogP contribution in [0.25, 0.3) is 4.83 Å². The van der Waals surface area contributed by atoms with Crippen molar-refractivity contribution in [3.8, 4) is 0 Å². The first-order valence-electron chi connectivity index (χ1n) is 12.0. The Morgan fingerprint density at radius 2 is 2.25 bits per heavy atom. The van der Waals surface area contributed by atoms with E-state index in [1.165, 1.54) is 23.1 Å². The number of rotatable bonds is 12. The minimum atomic E-state index is -1.48. The van der Waals surface area contributed by atoms with Crippen LogP contribution >= 0.6 is 34.6 Å². The van der Waals surface area contributed by atoms with E-state index in [-0.39, 0.29) is 41.3 Å². The highest BCUT2D eigenvalue weighted by molar-refractivity contribution is 8.00. The lowest BCUT2D eigenvalue weighted by molar-refractivity contribution is -0.694. The van der Waals surface area contributed by atoms with E-state index >= 15 is 0 Å². The number of thiazole rings is 1. The minimum absolute atomic E-state index is 0.0466. The second-order valence-electron chi connectivity index (χ2n) is 8.52. The van der Waals surface area contributed by atoms with Crippen LogP contribution in [0.3, 0.4) is 0 Å². The molecule has 0 bridgehead atoms. The molecule has 0 spiro atoms. The number of carboxylic acid groups (broad SMARTS) is 1. The zero-order valence-electron chi connectivity index (χ0n) is 20.9. The van der Waals surface area contributed by atoms with Gasteiger partial charge in [-0.2, -0.15) is 13.8 Å². The highest BCUT2D eigenvalue weighted by Crippen LogP contribution is 2.40. The first-order valence-corrected chi connectivity index (χ1v) is 14.7. The quantitative estimate of drug-likeness (QED) is 0.0511. The smallest absolute Gasteiger partial charge is 0.278 e. The van der Waals surface area contributed by atoms with Gasteiger partial charge in [0.25, 0.3) is 17.6 Å². The minimum Gasteiger partial charge on any atom is -0.543 e. The summed E-state index contributed by atoms with van der Waals surface area (Å²) in [5.41, 5.74) is 5.66. The lowest BCUT2D eigenvalue weighted by Crippen LogP contribution is -2.71. The Hall–Kier alpha value is -4.03. The zero-order valence-corrected chi connectivity index (χ0v) is 23.4. The average molecular weight is 606 g/mol. The SMILES string of the molecule is CCO/N=C(\C(=O)N[C@@H]1C(=O)N2C(C(=O)[O-])=C(C[n+]3cc4sccn4c3CCNC=O)CS[C@H]12)c1nsc(N)n1. The van der Waals surface area contributed by atoms with E-state index in [1.54, 1.807) is 6.92 Å². The van der Waals surface area contributed by atoms with Crippen molar-refractivity contribution < 1.29 is 33.7 Å². The second kappa shape index (κ2) is 11.6. The standard InChI is InChI=1S/C22H23N9O6S3/c1-2-37-27-14(17-26-22(23)40-28-17)18(33)25-15-19(34)31-16(21(35)36)11(9-39-20(15)31)7-29-8-13-30(5-6-38-13)12(29)3-4-24-10-32/h5-6,8,10,15,20H,2-4,7,9H2,1H3,(H4-,23,24,25,26,28,32,33,35,36)/b27-14-/t15-,20-/m1/s1. The lowest BCUT2D eigenvalue weighted by atomic mass is 10.0. The van der Waals surface area contributed by atoms with Crippen LogP contribution < -0.4 is 26.0 Å². The van der Waals surface area contributed by atoms with Crippen LogP contribution in [0.5, 0.6) is 0 Å². The molecular formula is C22H23N9O6S3. The Labute approximate surface area is 238 Å². The first kappa shape index (κ1) is 27.5. The van der Waals surface area contributed by atoms with Crippen molar-refractivity contribution in [2.75, 3.05) is 24.6 Å². The van der Waals surface area contributed by atoms with Crippen LogP contribution in [0, 0.1) is 0 Å². The number of oxime groups is 1. The molecule has 5 rings (SSSR count). The van der Waals surface area contributed by atoms with Crippen molar-refractivity contribution in [1.29, 1.82) is 0 Å². The number of thioether (sulfide) groups is 1. The number of aliphatic carboxylic acids is 1. The molecule has 3 aromatic heterocycles. The van der Waals surface area contributed by atoms with Gasteiger partial charge in [0, 0.05) is 34.8 Å². The fourth-order valence-corrected chi connectivity index (χ4v) is 7.00. The number of carbonyl (C=O) groups is 4. The number of hydrogen-bond acceptors (Lipinski definition) is 13. The van der Waals surface area contributed by atoms with Gasteiger partial charge in [0.15, 0.2) is 5.13 Å². The predicted octanol–water partition coefficient (Wildman–Crippen LogP) is -2.14. The van der Waals surface area contributed by atoms with Gasteiger partial charge >= 0.3 is 0 Å². The van der Waals surface area contributed by atoms with Gasteiger partial charge in [0.05, 0.1) is 18.1 Å². The van der Waals surface area contributed by atoms with Gasteiger partial charge in [0.2, 0.25) is 22.8 Å². The summed E-state index contributed by atoms with van der Waals surface area (Å²) in [7, 11) is 0. The molecule has 0 aromatic carbocycles. The van der Waals surface area contributed by atoms with Crippen molar-refractivity contribution in [3.63, 3.8) is 0 Å². The van der Waals surface area contributed by atoms with Crippen LogP contribution in [0.15, 0.2) is 34.2 Å². The number of carboxylic acids is 1. The van der Waals surface area contributed by atoms with E-state index in [0.29, 0.717) is 24.9 Å². The normalized spacial score (nSPS) is 18.9. The molecule has 0 radical (unpaired) electrons. The maximum atomic E-state index is 13.2. The van der Waals surface area contributed by atoms with E-state index in [9.17, 15) is 24.3 Å². The van der Waals surface area contributed by atoms with E-state index in [4.69, 9.17) is 10.6 Å². The summed E-state index contributed by atoms with van der Waals surface area (Å²) in [6.45, 7) is 2.47. The van der Waals surface area contributed by atoms with Gasteiger partial charge in [-0.1, -0.05) is 16.5 Å². The molecule has 5 heterocycles. The van der Waals surface area contributed by atoms with E-state index in [0.717, 1.165) is 27.1 Å². The molecule has 2 atom stereocenters. The van der Waals surface area contributed by atoms with Crippen LogP contribution in [0.4, 0.5) is 5.13 Å². The molecule has 1 fully saturated rings. The highest BCUT2D eigenvalue weighted by atomic mass is 32.2. The zero-order chi connectivity index (χ0) is 28.4. The molecule has 4 N–H and O–H groups in total. The van der Waals surface area contributed by atoms with Gasteiger partial charge in [0.1, 0.15) is 37.0 Å². The number of nitrogens with two attached hydrogens (primary N) is 1. The fraction of sp³-hybridized carbons (Fsp3) is 0.364. The summed E-state index contributed by atoms with van der Waals surface area (Å²) in [5.74, 6) is -1.73. The second-order valence-corrected chi connectivity index (χ2v) is 11.3. The molecule has 0 saturated carbocycles. The number of anilines is 1. The monoisotopic (exact) mass is 605 g/mol. The molecule has 210 valence electrons. The molecular weight excluding hydrogens is 583 g/mol. The summed E-state index contributed by atoms with van der Waals surface area (Å²) in [6, 6.07) is -1.01. The Balaban J connectivity index is 1.37. The van der Waals surface area contributed by atoms with Crippen LogP contribution in [-0.2, 0) is 37.0 Å². The number of hydrogen-bond donors (Lipinski definition) is 3. The van der Waals surface area contributed by atoms with Crippen molar-refractivity contribution in [3.05, 3.63) is 40.7 Å². The molecule has 18 heteroatoms. The summed E-state index contributed by atoms with van der Waals surface area (Å²) in [5, 5.41) is 22.7. The Kier molecular flexibility index (Phi) is 7.99. The fourth-order valence-electron chi connectivity index (χ4n) is 4.44. The van der Waals surface area contributed by atoms with Crippen LogP contribution in [0.2, 0.25) is 0 Å². The molecule has 2 aliphatic heterocycles. The molecule has 1 saturated heterocycles. The number of fused-ring (bicyclic) bond motifs is 2. The van der Waals surface area contributed by atoms with Gasteiger partial charge < -0.3 is 31.1 Å². The number of imidazole rings is 1. The molecule has 2 aliphatic rings. The molecule has 0 unspecified atom stereocenters. The first-order chi connectivity index (χ1) is 19.3. The topological polar surface area (TPSA) is 200 Å². The summed E-state index contributed by atoms with van der Waals surface area (Å²) < 4.78 is 7.87. The third-order valence-corrected chi connectivity index (χ3v) is 8.81. The molecule has 0 aliphatic carbocycles. The third-order valence-electron chi connectivity index (χ3n) is 6.13. The summed E-state index contributed by atoms with van der Waals surface area (Å²) in [4.78, 5) is 60.2. The van der Waals surface area contributed by atoms with Gasteiger partial charge in [-0.05, 0) is 6.92 Å². The van der Waals surface area contributed by atoms with Gasteiger partial charge in [-0.15, -0.1) is 11.8 Å². The van der Waals surface area contributed by atoms with Crippen molar-refractivity contribution in [1.82, 2.24) is 29.3 Å². The van der Waals surface area contributed by atoms with E-state index in [1.807, 2.05) is 26.7 Å². The maximum Gasteiger partial charge on any atom is 0.278 e. The number of nitrogen functional groups attached to an aromatic ring is 1. The summed E-state index contributed by atoms with van der Waals surface area (Å²) >= 11 is 3.72. The molecule has 15 nitrogen and oxygen atoms in total. The van der Waals surface area contributed by atoms with Gasteiger partial charge in [-0.25, -0.2) is 4.57 Å². The van der Waals surface area contributed by atoms with Crippen molar-refractivity contribution in [2.24, 2.45) is 5.16 Å². The number of β-lactam (4-membered cyclic amide) rings is 1. The van der Waals surface area contributed by atoms with E-state index in [2.05, 4.69) is 25.1 Å². The third kappa shape index (κ3) is 5.11. The predicted molar refractivity (Wildman–Crippen MR) is 143 cm³/mol. The molecule has 3 amide bonds. The van der Waals surface area contributed by atoms with E-state index < -0.39 is 29.2 Å². The molecule has 40 heavy (non-hydrogen) atoms. The number of nitrogens with one attached hydrogen (secondary N) is 2. The largest absolute Gasteiger partial charge is 0.543 e. The Morgan fingerprint density at radius 1 is 1.43 bits per heavy atom. The number of nitrogens with zero attached hydrogens (tertiary/aromatic N) is 6. The molecule has 3 aromatic rings. The highest BCUT2D eigenvalue weighted by Gasteiger charge is 2.53. The maximum absolute atomic E-state index is 13.2. The number of amides is 3. The van der Waals surface area contributed by atoms with Crippen molar-refractivity contribution in [2.45, 2.75) is 31.3 Å². The van der Waals surface area contributed by atoms with Crippen molar-refractivity contribution >= 4 is 74.5 Å². The number of carbonyl (C=O) groups excluding carboxylic acids is 4. The van der Waals surface area contributed by atoms with Gasteiger partial charge in [-0.3, -0.25) is 19.3 Å². The van der Waals surface area contributed by atoms with Crippen LogP contribution in [0.1, 0.15) is 18.6 Å².